The zero-order chi connectivity index (χ0) is 18.2. The average Bonchev–Trinajstić information content (AvgIpc) is 2.91. The van der Waals surface area contributed by atoms with E-state index in [0.717, 1.165) is 29.8 Å². The minimum atomic E-state index is 0.286. The molecule has 1 unspecified atom stereocenters. The van der Waals surface area contributed by atoms with Gasteiger partial charge in [-0.25, -0.2) is 9.98 Å². The maximum absolute atomic E-state index is 4.69. The first-order chi connectivity index (χ1) is 12.0. The van der Waals surface area contributed by atoms with E-state index >= 15 is 0 Å². The third-order valence-corrected chi connectivity index (χ3v) is 5.12. The van der Waals surface area contributed by atoms with Crippen LogP contribution in [0.4, 0.5) is 0 Å². The van der Waals surface area contributed by atoms with Crippen molar-refractivity contribution < 1.29 is 0 Å². The number of aliphatic imine (C=N–C) groups is 1. The first kappa shape index (κ1) is 19.4. The molecule has 1 aromatic carbocycles. The molecule has 0 amide bonds. The Morgan fingerprint density at radius 1 is 1.20 bits per heavy atom. The summed E-state index contributed by atoms with van der Waals surface area (Å²) in [5.41, 5.74) is 2.40. The largest absolute Gasteiger partial charge is 0.357 e. The fourth-order valence-corrected chi connectivity index (χ4v) is 3.42. The molecule has 1 atom stereocenters. The first-order valence-corrected chi connectivity index (χ1v) is 9.49. The van der Waals surface area contributed by atoms with E-state index < -0.39 is 0 Å². The molecular weight excluding hydrogens is 330 g/mol. The number of aryl methyl sites for hydroxylation is 2. The number of guanidine groups is 1. The minimum absolute atomic E-state index is 0.286. The summed E-state index contributed by atoms with van der Waals surface area (Å²) < 4.78 is 0. The molecule has 2 aromatic rings. The molecule has 0 saturated heterocycles. The maximum Gasteiger partial charge on any atom is 0.191 e. The van der Waals surface area contributed by atoms with Crippen LogP contribution in [0.3, 0.4) is 0 Å². The van der Waals surface area contributed by atoms with E-state index in [0.29, 0.717) is 6.54 Å². The average molecular weight is 360 g/mol. The Morgan fingerprint density at radius 2 is 1.92 bits per heavy atom. The van der Waals surface area contributed by atoms with Crippen LogP contribution >= 0.6 is 11.3 Å². The topological polar surface area (TPSA) is 52.6 Å². The molecule has 0 fully saturated rings. The molecular formula is C19H29N5S. The predicted molar refractivity (Wildman–Crippen MR) is 107 cm³/mol. The van der Waals surface area contributed by atoms with Crippen LogP contribution in [0.5, 0.6) is 0 Å². The number of nitrogens with one attached hydrogen (secondary N) is 2. The lowest BCUT2D eigenvalue weighted by molar-refractivity contribution is 0.298. The normalized spacial score (nSPS) is 13.1. The number of hydrogen-bond donors (Lipinski definition) is 2. The van der Waals surface area contributed by atoms with Crippen molar-refractivity contribution in [2.24, 2.45) is 4.99 Å². The maximum atomic E-state index is 4.69. The van der Waals surface area contributed by atoms with Crippen molar-refractivity contribution in [2.45, 2.75) is 33.4 Å². The molecule has 5 nitrogen and oxygen atoms in total. The summed E-state index contributed by atoms with van der Waals surface area (Å²) in [6, 6.07) is 10.8. The summed E-state index contributed by atoms with van der Waals surface area (Å²) in [5.74, 6) is 0.829. The highest BCUT2D eigenvalue weighted by Gasteiger charge is 2.14. The Hall–Kier alpha value is -1.92. The zero-order valence-electron chi connectivity index (χ0n) is 15.8. The molecule has 2 rings (SSSR count). The van der Waals surface area contributed by atoms with Crippen LogP contribution in [0.2, 0.25) is 0 Å². The van der Waals surface area contributed by atoms with Gasteiger partial charge in [0.2, 0.25) is 0 Å². The van der Waals surface area contributed by atoms with E-state index in [9.17, 15) is 0 Å². The van der Waals surface area contributed by atoms with Crippen LogP contribution in [0, 0.1) is 13.8 Å². The highest BCUT2D eigenvalue weighted by Crippen LogP contribution is 2.18. The second-order valence-electron chi connectivity index (χ2n) is 6.22. The Bertz CT molecular complexity index is 659. The van der Waals surface area contributed by atoms with E-state index in [1.807, 2.05) is 13.0 Å². The lowest BCUT2D eigenvalue weighted by Crippen LogP contribution is -2.41. The Balaban J connectivity index is 2.03. The van der Waals surface area contributed by atoms with Gasteiger partial charge in [0.1, 0.15) is 5.01 Å². The Kier molecular flexibility index (Phi) is 7.40. The van der Waals surface area contributed by atoms with Gasteiger partial charge in [-0.15, -0.1) is 11.3 Å². The molecule has 6 heteroatoms. The number of hydrogen-bond acceptors (Lipinski definition) is 4. The highest BCUT2D eigenvalue weighted by atomic mass is 32.1. The van der Waals surface area contributed by atoms with Crippen molar-refractivity contribution in [3.05, 3.63) is 51.5 Å². The van der Waals surface area contributed by atoms with E-state index in [2.05, 4.69) is 77.7 Å². The summed E-state index contributed by atoms with van der Waals surface area (Å²) in [6.45, 7) is 8.45. The zero-order valence-corrected chi connectivity index (χ0v) is 16.7. The van der Waals surface area contributed by atoms with Crippen LogP contribution < -0.4 is 10.6 Å². The lowest BCUT2D eigenvalue weighted by Gasteiger charge is -2.26. The summed E-state index contributed by atoms with van der Waals surface area (Å²) in [6.07, 6.45) is 0. The third-order valence-electron chi connectivity index (χ3n) is 4.06. The van der Waals surface area contributed by atoms with Gasteiger partial charge in [-0.1, -0.05) is 30.3 Å². The number of nitrogens with zero attached hydrogens (tertiary/aromatic N) is 3. The molecule has 136 valence electrons. The van der Waals surface area contributed by atoms with Gasteiger partial charge in [0.15, 0.2) is 5.96 Å². The van der Waals surface area contributed by atoms with Crippen molar-refractivity contribution in [3.8, 4) is 0 Å². The second-order valence-corrected chi connectivity index (χ2v) is 7.50. The van der Waals surface area contributed by atoms with Crippen LogP contribution in [-0.2, 0) is 6.54 Å². The number of likely N-dealkylation sites (N-methyl/N-ethyl adjacent to an activating group) is 1. The quantitative estimate of drug-likeness (QED) is 0.589. The van der Waals surface area contributed by atoms with E-state index in [1.165, 1.54) is 10.4 Å². The third kappa shape index (κ3) is 5.83. The molecule has 0 aliphatic heterocycles. The molecule has 2 N–H and O–H groups in total. The summed E-state index contributed by atoms with van der Waals surface area (Å²) >= 11 is 1.72. The number of aromatic nitrogens is 1. The highest BCUT2D eigenvalue weighted by molar-refractivity contribution is 7.11. The number of rotatable bonds is 7. The Morgan fingerprint density at radius 3 is 2.48 bits per heavy atom. The monoisotopic (exact) mass is 359 g/mol. The van der Waals surface area contributed by atoms with Gasteiger partial charge < -0.3 is 15.5 Å². The summed E-state index contributed by atoms with van der Waals surface area (Å²) in [5, 5.41) is 7.84. The van der Waals surface area contributed by atoms with Crippen LogP contribution in [-0.4, -0.2) is 43.0 Å². The summed E-state index contributed by atoms with van der Waals surface area (Å²) in [4.78, 5) is 12.7. The fraction of sp³-hybridized carbons (Fsp3) is 0.474. The number of benzene rings is 1. The molecule has 0 aliphatic carbocycles. The van der Waals surface area contributed by atoms with Gasteiger partial charge in [-0.2, -0.15) is 0 Å². The molecule has 1 aromatic heterocycles. The molecule has 0 spiro atoms. The van der Waals surface area contributed by atoms with Crippen molar-refractivity contribution in [1.82, 2.24) is 20.5 Å². The van der Waals surface area contributed by atoms with Crippen LogP contribution in [0.15, 0.2) is 35.3 Å². The molecule has 0 bridgehead atoms. The van der Waals surface area contributed by atoms with Crippen molar-refractivity contribution in [2.75, 3.05) is 27.2 Å². The van der Waals surface area contributed by atoms with Crippen LogP contribution in [0.25, 0.3) is 0 Å². The van der Waals surface area contributed by atoms with Crippen molar-refractivity contribution in [1.29, 1.82) is 0 Å². The van der Waals surface area contributed by atoms with E-state index in [4.69, 9.17) is 0 Å². The van der Waals surface area contributed by atoms with Gasteiger partial charge in [0.05, 0.1) is 18.3 Å². The summed E-state index contributed by atoms with van der Waals surface area (Å²) in [7, 11) is 4.20. The lowest BCUT2D eigenvalue weighted by atomic mass is 10.1. The van der Waals surface area contributed by atoms with Crippen molar-refractivity contribution in [3.63, 3.8) is 0 Å². The van der Waals surface area contributed by atoms with Gasteiger partial charge in [0, 0.05) is 18.0 Å². The van der Waals surface area contributed by atoms with Gasteiger partial charge in [-0.05, 0) is 40.4 Å². The molecule has 0 saturated carbocycles. The first-order valence-electron chi connectivity index (χ1n) is 8.67. The minimum Gasteiger partial charge on any atom is -0.357 e. The van der Waals surface area contributed by atoms with Gasteiger partial charge in [-0.3, -0.25) is 0 Å². The van der Waals surface area contributed by atoms with Gasteiger partial charge >= 0.3 is 0 Å². The predicted octanol–water partition coefficient (Wildman–Crippen LogP) is 3.12. The standard InChI is InChI=1S/C19H29N5S/c1-6-20-19(22-13-18-23-14(2)15(3)25-18)21-12-17(24(4)5)16-10-8-7-9-11-16/h7-11,17H,6,12-13H2,1-5H3,(H2,20,21,22). The molecule has 0 radical (unpaired) electrons. The van der Waals surface area contributed by atoms with E-state index in [1.54, 1.807) is 11.3 Å². The molecule has 25 heavy (non-hydrogen) atoms. The smallest absolute Gasteiger partial charge is 0.191 e. The van der Waals surface area contributed by atoms with Crippen molar-refractivity contribution >= 4 is 17.3 Å². The SMILES string of the molecule is CCNC(=NCc1nc(C)c(C)s1)NCC(c1ccccc1)N(C)C. The second kappa shape index (κ2) is 9.53. The van der Waals surface area contributed by atoms with Crippen LogP contribution in [0.1, 0.15) is 34.1 Å². The van der Waals surface area contributed by atoms with Gasteiger partial charge in [0.25, 0.3) is 0 Å². The Labute approximate surface area is 155 Å². The fourth-order valence-electron chi connectivity index (χ4n) is 2.56. The van der Waals surface area contributed by atoms with E-state index in [-0.39, 0.29) is 6.04 Å². The number of thiazole rings is 1. The molecule has 0 aliphatic rings. The molecule has 1 heterocycles.